The predicted molar refractivity (Wildman–Crippen MR) is 108 cm³/mol. The number of anilines is 1. The minimum Gasteiger partial charge on any atom is -0.495 e. The number of hydrogen-bond acceptors (Lipinski definition) is 4. The third kappa shape index (κ3) is 6.00. The number of rotatable bonds is 8. The molecule has 7 nitrogen and oxygen atoms in total. The Morgan fingerprint density at radius 3 is 2.43 bits per heavy atom. The quantitative estimate of drug-likeness (QED) is 0.644. The predicted octanol–water partition coefficient (Wildman–Crippen LogP) is 2.82. The number of nitrogens with zero attached hydrogens (tertiary/aromatic N) is 1. The zero-order chi connectivity index (χ0) is 22.3. The van der Waals surface area contributed by atoms with Crippen LogP contribution >= 0.6 is 0 Å². The highest BCUT2D eigenvalue weighted by atomic mass is 19.1. The summed E-state index contributed by atoms with van der Waals surface area (Å²) in [6, 6.07) is 7.39. The zero-order valence-electron chi connectivity index (χ0n) is 16.9. The largest absolute Gasteiger partial charge is 0.495 e. The summed E-state index contributed by atoms with van der Waals surface area (Å²) in [5, 5.41) is 5.16. The zero-order valence-corrected chi connectivity index (χ0v) is 16.9. The molecule has 0 aliphatic rings. The molecule has 0 fully saturated rings. The van der Waals surface area contributed by atoms with Crippen molar-refractivity contribution >= 4 is 23.4 Å². The molecule has 0 saturated heterocycles. The first-order valence-corrected chi connectivity index (χ1v) is 9.15. The molecule has 0 aliphatic heterocycles. The molecule has 0 radical (unpaired) electrons. The molecule has 2 rings (SSSR count). The standard InChI is InChI=1S/C21H23F2N3O4/c1-26(2)21(29)13-6-9-18(30-3)17(11-13)25-19(27)5-4-10-24-20(28)15-8-7-14(22)12-16(15)23/h6-9,11-12H,4-5,10H2,1-3H3,(H,24,28)(H,25,27). The van der Waals surface area contributed by atoms with Crippen LogP contribution in [0.25, 0.3) is 0 Å². The van der Waals surface area contributed by atoms with Gasteiger partial charge in [0.1, 0.15) is 17.4 Å². The molecule has 0 unspecified atom stereocenters. The molecular weight excluding hydrogens is 396 g/mol. The Hall–Kier alpha value is -3.49. The van der Waals surface area contributed by atoms with Crippen LogP contribution in [-0.4, -0.2) is 50.4 Å². The molecular formula is C21H23F2N3O4. The van der Waals surface area contributed by atoms with Gasteiger partial charge in [-0.05, 0) is 36.8 Å². The summed E-state index contributed by atoms with van der Waals surface area (Å²) in [6.45, 7) is 0.124. The molecule has 0 aliphatic carbocycles. The molecule has 2 aromatic rings. The summed E-state index contributed by atoms with van der Waals surface area (Å²) in [6.07, 6.45) is 0.361. The second kappa shape index (κ2) is 10.3. The lowest BCUT2D eigenvalue weighted by atomic mass is 10.1. The number of hydrogen-bond donors (Lipinski definition) is 2. The fraction of sp³-hybridized carbons (Fsp3) is 0.286. The van der Waals surface area contributed by atoms with E-state index in [4.69, 9.17) is 4.74 Å². The van der Waals surface area contributed by atoms with E-state index in [9.17, 15) is 23.2 Å². The fourth-order valence-corrected chi connectivity index (χ4v) is 2.63. The lowest BCUT2D eigenvalue weighted by Crippen LogP contribution is -2.26. The Morgan fingerprint density at radius 1 is 1.07 bits per heavy atom. The van der Waals surface area contributed by atoms with Crippen LogP contribution in [-0.2, 0) is 4.79 Å². The second-order valence-corrected chi connectivity index (χ2v) is 6.65. The van der Waals surface area contributed by atoms with Crippen LogP contribution in [0, 0.1) is 11.6 Å². The number of ether oxygens (including phenoxy) is 1. The molecule has 0 atom stereocenters. The van der Waals surface area contributed by atoms with Gasteiger partial charge < -0.3 is 20.3 Å². The van der Waals surface area contributed by atoms with Gasteiger partial charge in [-0.25, -0.2) is 8.78 Å². The fourth-order valence-electron chi connectivity index (χ4n) is 2.63. The van der Waals surface area contributed by atoms with Crippen LogP contribution in [0.15, 0.2) is 36.4 Å². The van der Waals surface area contributed by atoms with Gasteiger partial charge in [0.15, 0.2) is 0 Å². The summed E-state index contributed by atoms with van der Waals surface area (Å²) in [5.74, 6) is -2.57. The van der Waals surface area contributed by atoms with E-state index >= 15 is 0 Å². The van der Waals surface area contributed by atoms with Gasteiger partial charge in [0.05, 0.1) is 18.4 Å². The number of amides is 3. The summed E-state index contributed by atoms with van der Waals surface area (Å²) >= 11 is 0. The number of methoxy groups -OCH3 is 1. The van der Waals surface area contributed by atoms with E-state index < -0.39 is 17.5 Å². The van der Waals surface area contributed by atoms with Crippen LogP contribution in [0.5, 0.6) is 5.75 Å². The van der Waals surface area contributed by atoms with Crippen molar-refractivity contribution < 1.29 is 27.9 Å². The van der Waals surface area contributed by atoms with E-state index in [0.29, 0.717) is 29.5 Å². The van der Waals surface area contributed by atoms with Gasteiger partial charge in [-0.15, -0.1) is 0 Å². The van der Waals surface area contributed by atoms with Crippen molar-refractivity contribution in [2.45, 2.75) is 12.8 Å². The summed E-state index contributed by atoms with van der Waals surface area (Å²) in [5.41, 5.74) is 0.477. The third-order valence-electron chi connectivity index (χ3n) is 4.17. The van der Waals surface area contributed by atoms with Crippen molar-refractivity contribution in [2.24, 2.45) is 0 Å². The van der Waals surface area contributed by atoms with E-state index in [1.165, 1.54) is 18.1 Å². The average molecular weight is 419 g/mol. The minimum atomic E-state index is -0.954. The smallest absolute Gasteiger partial charge is 0.254 e. The van der Waals surface area contributed by atoms with Crippen molar-refractivity contribution in [3.8, 4) is 5.75 Å². The molecule has 160 valence electrons. The van der Waals surface area contributed by atoms with E-state index in [2.05, 4.69) is 10.6 Å². The van der Waals surface area contributed by atoms with Crippen molar-refractivity contribution in [1.82, 2.24) is 10.2 Å². The Kier molecular flexibility index (Phi) is 7.85. The van der Waals surface area contributed by atoms with E-state index in [1.54, 1.807) is 26.2 Å². The molecule has 0 heterocycles. The summed E-state index contributed by atoms with van der Waals surface area (Å²) in [7, 11) is 4.69. The molecule has 0 aromatic heterocycles. The van der Waals surface area contributed by atoms with Crippen LogP contribution in [0.2, 0.25) is 0 Å². The van der Waals surface area contributed by atoms with E-state index in [1.807, 2.05) is 0 Å². The molecule has 9 heteroatoms. The number of carbonyl (C=O) groups is 3. The molecule has 2 aromatic carbocycles. The monoisotopic (exact) mass is 419 g/mol. The first kappa shape index (κ1) is 22.8. The van der Waals surface area contributed by atoms with Gasteiger partial charge in [0.2, 0.25) is 5.91 Å². The van der Waals surface area contributed by atoms with Crippen LogP contribution in [0.3, 0.4) is 0 Å². The number of carbonyl (C=O) groups excluding carboxylic acids is 3. The average Bonchev–Trinajstić information content (AvgIpc) is 2.70. The number of halogens is 2. The second-order valence-electron chi connectivity index (χ2n) is 6.65. The molecule has 30 heavy (non-hydrogen) atoms. The Balaban J connectivity index is 1.89. The highest BCUT2D eigenvalue weighted by molar-refractivity contribution is 5.98. The first-order chi connectivity index (χ1) is 14.2. The van der Waals surface area contributed by atoms with Gasteiger partial charge in [0, 0.05) is 38.7 Å². The van der Waals surface area contributed by atoms with Crippen LogP contribution in [0.4, 0.5) is 14.5 Å². The van der Waals surface area contributed by atoms with Crippen LogP contribution < -0.4 is 15.4 Å². The van der Waals surface area contributed by atoms with Gasteiger partial charge in [0.25, 0.3) is 11.8 Å². The van der Waals surface area contributed by atoms with Gasteiger partial charge >= 0.3 is 0 Å². The normalized spacial score (nSPS) is 10.3. The molecule has 0 bridgehead atoms. The van der Waals surface area contributed by atoms with E-state index in [0.717, 1.165) is 12.1 Å². The van der Waals surface area contributed by atoms with Crippen molar-refractivity contribution in [2.75, 3.05) is 33.1 Å². The van der Waals surface area contributed by atoms with Crippen molar-refractivity contribution in [1.29, 1.82) is 0 Å². The molecule has 0 spiro atoms. The highest BCUT2D eigenvalue weighted by Gasteiger charge is 2.15. The third-order valence-corrected chi connectivity index (χ3v) is 4.17. The lowest BCUT2D eigenvalue weighted by molar-refractivity contribution is -0.116. The van der Waals surface area contributed by atoms with Crippen LogP contribution in [0.1, 0.15) is 33.6 Å². The SMILES string of the molecule is COc1ccc(C(=O)N(C)C)cc1NC(=O)CCCNC(=O)c1ccc(F)cc1F. The Bertz CT molecular complexity index is 948. The maximum absolute atomic E-state index is 13.6. The van der Waals surface area contributed by atoms with Crippen molar-refractivity contribution in [3.63, 3.8) is 0 Å². The molecule has 0 saturated carbocycles. The summed E-state index contributed by atoms with van der Waals surface area (Å²) < 4.78 is 31.7. The highest BCUT2D eigenvalue weighted by Crippen LogP contribution is 2.26. The number of benzene rings is 2. The van der Waals surface area contributed by atoms with Gasteiger partial charge in [-0.3, -0.25) is 14.4 Å². The van der Waals surface area contributed by atoms with Gasteiger partial charge in [-0.1, -0.05) is 0 Å². The topological polar surface area (TPSA) is 87.7 Å². The van der Waals surface area contributed by atoms with E-state index in [-0.39, 0.29) is 30.3 Å². The first-order valence-electron chi connectivity index (χ1n) is 9.15. The molecule has 2 N–H and O–H groups in total. The molecule has 3 amide bonds. The Morgan fingerprint density at radius 2 is 1.80 bits per heavy atom. The number of nitrogens with one attached hydrogen (secondary N) is 2. The van der Waals surface area contributed by atoms with Crippen molar-refractivity contribution in [3.05, 3.63) is 59.2 Å². The maximum Gasteiger partial charge on any atom is 0.254 e. The Labute approximate surface area is 173 Å². The minimum absolute atomic E-state index is 0.0706. The van der Waals surface area contributed by atoms with Gasteiger partial charge in [-0.2, -0.15) is 0 Å². The summed E-state index contributed by atoms with van der Waals surface area (Å²) in [4.78, 5) is 37.7. The lowest BCUT2D eigenvalue weighted by Gasteiger charge is -2.14. The maximum atomic E-state index is 13.6.